The summed E-state index contributed by atoms with van der Waals surface area (Å²) in [6, 6.07) is 5.40. The van der Waals surface area contributed by atoms with Gasteiger partial charge >= 0.3 is 0 Å². The fourth-order valence-corrected chi connectivity index (χ4v) is 2.52. The van der Waals surface area contributed by atoms with E-state index in [1.807, 2.05) is 6.07 Å². The van der Waals surface area contributed by atoms with Crippen molar-refractivity contribution in [3.8, 4) is 11.5 Å². The minimum atomic E-state index is -0.297. The van der Waals surface area contributed by atoms with E-state index < -0.39 is 0 Å². The lowest BCUT2D eigenvalue weighted by molar-refractivity contribution is -0.115. The highest BCUT2D eigenvalue weighted by Crippen LogP contribution is 2.27. The quantitative estimate of drug-likeness (QED) is 0.603. The Kier molecular flexibility index (Phi) is 7.02. The van der Waals surface area contributed by atoms with Gasteiger partial charge in [0.25, 0.3) is 0 Å². The lowest BCUT2D eigenvalue weighted by Gasteiger charge is -2.12. The zero-order chi connectivity index (χ0) is 17.4. The molecule has 1 aromatic rings. The van der Waals surface area contributed by atoms with Crippen molar-refractivity contribution >= 4 is 29.3 Å². The Labute approximate surface area is 147 Å². The normalized spacial score (nSPS) is 16.8. The van der Waals surface area contributed by atoms with E-state index in [-0.39, 0.29) is 12.0 Å². The Hall–Kier alpha value is -2.12. The van der Waals surface area contributed by atoms with Gasteiger partial charge in [-0.15, -0.1) is 0 Å². The van der Waals surface area contributed by atoms with Gasteiger partial charge in [-0.05, 0) is 48.8 Å². The molecule has 0 aromatic heterocycles. The number of hydrogen-bond donors (Lipinski definition) is 2. The SMILES string of the molecule is COc1ccc(C=CC(=O)NC(=S)NCC2CCCO2)cc1OC. The molecule has 1 atom stereocenters. The van der Waals surface area contributed by atoms with Gasteiger partial charge in [0.15, 0.2) is 16.6 Å². The van der Waals surface area contributed by atoms with Crippen molar-refractivity contribution < 1.29 is 19.0 Å². The van der Waals surface area contributed by atoms with Crippen molar-refractivity contribution in [1.82, 2.24) is 10.6 Å². The zero-order valence-electron chi connectivity index (χ0n) is 13.8. The predicted octanol–water partition coefficient (Wildman–Crippen LogP) is 1.89. The third kappa shape index (κ3) is 5.50. The minimum absolute atomic E-state index is 0.169. The van der Waals surface area contributed by atoms with Crippen LogP contribution in [0.15, 0.2) is 24.3 Å². The number of hydrogen-bond acceptors (Lipinski definition) is 5. The number of amides is 1. The number of nitrogens with one attached hydrogen (secondary N) is 2. The van der Waals surface area contributed by atoms with Crippen LogP contribution in [0.4, 0.5) is 0 Å². The van der Waals surface area contributed by atoms with Crippen molar-refractivity contribution in [2.24, 2.45) is 0 Å². The Bertz CT molecular complexity index is 613. The van der Waals surface area contributed by atoms with Gasteiger partial charge < -0.3 is 19.5 Å². The van der Waals surface area contributed by atoms with Crippen LogP contribution < -0.4 is 20.1 Å². The van der Waals surface area contributed by atoms with E-state index in [0.717, 1.165) is 25.0 Å². The lowest BCUT2D eigenvalue weighted by atomic mass is 10.2. The van der Waals surface area contributed by atoms with Gasteiger partial charge in [-0.25, -0.2) is 0 Å². The van der Waals surface area contributed by atoms with E-state index in [0.29, 0.717) is 23.2 Å². The molecule has 7 heteroatoms. The standard InChI is InChI=1S/C17H22N2O4S/c1-21-14-7-5-12(10-15(14)22-2)6-8-16(20)19-17(24)18-11-13-4-3-9-23-13/h5-8,10,13H,3-4,9,11H2,1-2H3,(H2,18,19,20,24). The summed E-state index contributed by atoms with van der Waals surface area (Å²) in [7, 11) is 3.14. The molecule has 1 fully saturated rings. The van der Waals surface area contributed by atoms with Gasteiger partial charge in [-0.1, -0.05) is 6.07 Å². The van der Waals surface area contributed by atoms with Crippen molar-refractivity contribution in [2.75, 3.05) is 27.4 Å². The molecule has 130 valence electrons. The average Bonchev–Trinajstić information content (AvgIpc) is 3.11. The monoisotopic (exact) mass is 350 g/mol. The van der Waals surface area contributed by atoms with E-state index in [1.54, 1.807) is 32.4 Å². The molecule has 6 nitrogen and oxygen atoms in total. The van der Waals surface area contributed by atoms with E-state index in [4.69, 9.17) is 26.4 Å². The van der Waals surface area contributed by atoms with Gasteiger partial charge in [0.1, 0.15) is 0 Å². The van der Waals surface area contributed by atoms with Crippen molar-refractivity contribution in [3.63, 3.8) is 0 Å². The summed E-state index contributed by atoms with van der Waals surface area (Å²) in [6.07, 6.45) is 5.35. The summed E-state index contributed by atoms with van der Waals surface area (Å²) < 4.78 is 15.9. The average molecular weight is 350 g/mol. The second kappa shape index (κ2) is 9.24. The van der Waals surface area contributed by atoms with Crippen LogP contribution in [0.1, 0.15) is 18.4 Å². The molecule has 1 aromatic carbocycles. The van der Waals surface area contributed by atoms with E-state index in [9.17, 15) is 4.79 Å². The van der Waals surface area contributed by atoms with E-state index in [1.165, 1.54) is 6.08 Å². The maximum atomic E-state index is 11.9. The predicted molar refractivity (Wildman–Crippen MR) is 96.3 cm³/mol. The first kappa shape index (κ1) is 18.2. The molecule has 2 N–H and O–H groups in total. The molecule has 0 bridgehead atoms. The number of carbonyl (C=O) groups excluding carboxylic acids is 1. The second-order valence-electron chi connectivity index (χ2n) is 5.28. The zero-order valence-corrected chi connectivity index (χ0v) is 14.7. The van der Waals surface area contributed by atoms with Gasteiger partial charge in [-0.3, -0.25) is 10.1 Å². The molecule has 24 heavy (non-hydrogen) atoms. The molecule has 0 saturated carbocycles. The molecule has 1 saturated heterocycles. The van der Waals surface area contributed by atoms with Crippen LogP contribution in [0.2, 0.25) is 0 Å². The summed E-state index contributed by atoms with van der Waals surface area (Å²) in [6.45, 7) is 1.40. The first-order valence-corrected chi connectivity index (χ1v) is 8.13. The largest absolute Gasteiger partial charge is 0.493 e. The summed E-state index contributed by atoms with van der Waals surface area (Å²) in [5.74, 6) is 0.946. The van der Waals surface area contributed by atoms with Crippen LogP contribution in [-0.4, -0.2) is 44.5 Å². The van der Waals surface area contributed by atoms with Crippen LogP contribution in [0.5, 0.6) is 11.5 Å². The first-order chi connectivity index (χ1) is 11.6. The number of benzene rings is 1. The Morgan fingerprint density at radius 1 is 1.38 bits per heavy atom. The highest BCUT2D eigenvalue weighted by atomic mass is 32.1. The molecule has 2 rings (SSSR count). The summed E-state index contributed by atoms with van der Waals surface area (Å²) in [4.78, 5) is 11.9. The van der Waals surface area contributed by atoms with Gasteiger partial charge in [0.2, 0.25) is 5.91 Å². The second-order valence-corrected chi connectivity index (χ2v) is 5.69. The molecular weight excluding hydrogens is 328 g/mol. The van der Waals surface area contributed by atoms with Crippen LogP contribution in [0.3, 0.4) is 0 Å². The maximum Gasteiger partial charge on any atom is 0.250 e. The Morgan fingerprint density at radius 3 is 2.83 bits per heavy atom. The first-order valence-electron chi connectivity index (χ1n) is 7.73. The number of thiocarbonyl (C=S) groups is 1. The smallest absolute Gasteiger partial charge is 0.250 e. The lowest BCUT2D eigenvalue weighted by Crippen LogP contribution is -2.41. The number of carbonyl (C=O) groups is 1. The third-order valence-electron chi connectivity index (χ3n) is 3.59. The fraction of sp³-hybridized carbons (Fsp3) is 0.412. The molecule has 1 aliphatic rings. The van der Waals surface area contributed by atoms with Crippen LogP contribution in [0.25, 0.3) is 6.08 Å². The molecule has 0 aliphatic carbocycles. The summed E-state index contributed by atoms with van der Waals surface area (Å²) >= 11 is 5.10. The van der Waals surface area contributed by atoms with Crippen LogP contribution in [0, 0.1) is 0 Å². The fourth-order valence-electron chi connectivity index (χ4n) is 2.34. The molecule has 0 spiro atoms. The van der Waals surface area contributed by atoms with Gasteiger partial charge in [0, 0.05) is 19.2 Å². The van der Waals surface area contributed by atoms with E-state index >= 15 is 0 Å². The number of ether oxygens (including phenoxy) is 3. The Balaban J connectivity index is 1.82. The Morgan fingerprint density at radius 2 is 2.17 bits per heavy atom. The maximum absolute atomic E-state index is 11.9. The van der Waals surface area contributed by atoms with Gasteiger partial charge in [-0.2, -0.15) is 0 Å². The highest BCUT2D eigenvalue weighted by Gasteiger charge is 2.15. The van der Waals surface area contributed by atoms with E-state index in [2.05, 4.69) is 10.6 Å². The van der Waals surface area contributed by atoms with Crippen molar-refractivity contribution in [3.05, 3.63) is 29.8 Å². The number of rotatable bonds is 6. The van der Waals surface area contributed by atoms with Crippen molar-refractivity contribution in [2.45, 2.75) is 18.9 Å². The van der Waals surface area contributed by atoms with Crippen molar-refractivity contribution in [1.29, 1.82) is 0 Å². The minimum Gasteiger partial charge on any atom is -0.493 e. The number of methoxy groups -OCH3 is 2. The third-order valence-corrected chi connectivity index (χ3v) is 3.83. The molecule has 0 radical (unpaired) electrons. The molecule has 1 unspecified atom stereocenters. The van der Waals surface area contributed by atoms with Crippen LogP contribution >= 0.6 is 12.2 Å². The topological polar surface area (TPSA) is 68.8 Å². The highest BCUT2D eigenvalue weighted by molar-refractivity contribution is 7.80. The molecular formula is C17H22N2O4S. The summed E-state index contributed by atoms with van der Waals surface area (Å²) in [5.41, 5.74) is 0.820. The molecule has 1 amide bonds. The van der Waals surface area contributed by atoms with Crippen LogP contribution in [-0.2, 0) is 9.53 Å². The molecule has 1 aliphatic heterocycles. The summed E-state index contributed by atoms with van der Waals surface area (Å²) in [5, 5.41) is 5.90. The molecule has 1 heterocycles. The van der Waals surface area contributed by atoms with Gasteiger partial charge in [0.05, 0.1) is 20.3 Å².